The molecule has 0 bridgehead atoms. The van der Waals surface area contributed by atoms with Crippen LogP contribution in [-0.4, -0.2) is 309 Å². The molecule has 4 aliphatic carbocycles. The van der Waals surface area contributed by atoms with Gasteiger partial charge < -0.3 is 107 Å². The monoisotopic (exact) mass is 2070 g/mol. The maximum atomic E-state index is 14.1. The zero-order valence-electron chi connectivity index (χ0n) is 89.4. The average Bonchev–Trinajstić information content (AvgIpc) is 1.59. The van der Waals surface area contributed by atoms with Crippen LogP contribution < -0.4 is 63.8 Å². The Balaban J connectivity index is 0.000000271. The molecule has 7 fully saturated rings. The van der Waals surface area contributed by atoms with Gasteiger partial charge in [-0.2, -0.15) is 0 Å². The molecule has 3 aromatic carbocycles. The topological polar surface area (TPSA) is 550 Å². The van der Waals surface area contributed by atoms with E-state index in [1.54, 1.807) is 203 Å². The van der Waals surface area contributed by atoms with Crippen LogP contribution in [0.1, 0.15) is 229 Å². The zero-order chi connectivity index (χ0) is 110. The van der Waals surface area contributed by atoms with Crippen LogP contribution in [0.15, 0.2) is 91.0 Å². The quantitative estimate of drug-likeness (QED) is 0.0264. The van der Waals surface area contributed by atoms with Crippen LogP contribution >= 0.6 is 0 Å². The van der Waals surface area contributed by atoms with Crippen LogP contribution in [0.3, 0.4) is 0 Å². The highest BCUT2D eigenvalue weighted by molar-refractivity contribution is 6.40. The van der Waals surface area contributed by atoms with Crippen LogP contribution in [0.5, 0.6) is 0 Å². The van der Waals surface area contributed by atoms with Crippen molar-refractivity contribution >= 4 is 124 Å². The van der Waals surface area contributed by atoms with E-state index in [1.807, 2.05) is 34.6 Å². The highest BCUT2D eigenvalue weighted by Gasteiger charge is 2.62. The third-order valence-electron chi connectivity index (χ3n) is 26.9. The summed E-state index contributed by atoms with van der Waals surface area (Å²) >= 11 is 0. The second-order valence-electron chi connectivity index (χ2n) is 43.3. The third-order valence-corrected chi connectivity index (χ3v) is 26.9. The number of piperidine rings is 3. The molecule has 3 saturated heterocycles. The molecule has 3 aromatic rings. The molecule has 7 aliphatic rings. The highest BCUT2D eigenvalue weighted by atomic mass is 16.6. The summed E-state index contributed by atoms with van der Waals surface area (Å²) in [7, 11) is 9.35. The first-order valence-corrected chi connectivity index (χ1v) is 51.5. The fraction of sp³-hybridized carbons (Fsp3) is 0.632. The number of carbonyl (C=O) groups is 21. The van der Waals surface area contributed by atoms with Crippen molar-refractivity contribution in [2.45, 2.75) is 272 Å². The third kappa shape index (κ3) is 34.3. The van der Waals surface area contributed by atoms with Crippen LogP contribution in [0, 0.1) is 64.1 Å². The lowest BCUT2D eigenvalue weighted by Gasteiger charge is -2.36. The fourth-order valence-electron chi connectivity index (χ4n) is 18.8. The number of ether oxygens (including phenoxy) is 3. The van der Waals surface area contributed by atoms with Crippen molar-refractivity contribution in [3.8, 4) is 0 Å². The van der Waals surface area contributed by atoms with E-state index in [0.717, 1.165) is 51.4 Å². The number of fused-ring (bicyclic) bond motifs is 3. The summed E-state index contributed by atoms with van der Waals surface area (Å²) in [6.45, 7) is 27.0. The van der Waals surface area contributed by atoms with Gasteiger partial charge in [-0.05, 0) is 146 Å². The number of carbonyl (C=O) groups excluding carboxylic acids is 21. The Labute approximate surface area is 867 Å². The molecule has 18 amide bonds. The molecule has 12 N–H and O–H groups in total. The lowest BCUT2D eigenvalue weighted by atomic mass is 9.83. The molecule has 0 aromatic heterocycles. The molecule has 42 nitrogen and oxygen atoms in total. The largest absolute Gasteiger partial charge is 0.449 e. The molecule has 814 valence electrons. The van der Waals surface area contributed by atoms with Gasteiger partial charge in [0.25, 0.3) is 17.7 Å². The predicted molar refractivity (Wildman–Crippen MR) is 544 cm³/mol. The maximum absolute atomic E-state index is 14.1. The van der Waals surface area contributed by atoms with E-state index in [-0.39, 0.29) is 109 Å². The minimum absolute atomic E-state index is 0.0776. The minimum Gasteiger partial charge on any atom is -0.449 e. The number of amides is 18. The number of hydrogen-bond acceptors (Lipinski definition) is 24. The summed E-state index contributed by atoms with van der Waals surface area (Å²) in [4.78, 5) is 285. The molecule has 42 heteroatoms. The molecule has 0 radical (unpaired) electrons. The van der Waals surface area contributed by atoms with Gasteiger partial charge in [0.1, 0.15) is 54.4 Å². The Hall–Kier alpha value is -13.5. The number of benzene rings is 3. The molecule has 4 saturated carbocycles. The van der Waals surface area contributed by atoms with Crippen LogP contribution in [0.2, 0.25) is 0 Å². The Kier molecular flexibility index (Phi) is 44.5. The maximum Gasteiger partial charge on any atom is 0.408 e. The molecule has 10 rings (SSSR count). The van der Waals surface area contributed by atoms with Crippen molar-refractivity contribution in [1.29, 1.82) is 0 Å². The standard InChI is InChI=1S/C37H54N6O8.C35H52N6O8.C34H50N6O8/c1-6-13-27(32(45)34(47)38-19-28(44)40-29(35(48)42(4)5)23-14-9-7-10-15-23)39-33(46)31-26-18-25(26)20-43(31)36(49)30(24-16-11-8-12-17-24)41-37(50)51-21-22(2)3;1-9-13-24(28(43)31(45)36-17-25(42)38-26(32(46)40(7)8)21-14-11-10-12-15-21)37-30(44)27-23-16-22(23)18-41(27)33(47)29(35(4,5)6)39-34(48)49-19-20(2)3;1-9-13-23(27(42)30(44)35-17-24(41)37-25(31(45)39(7)8)20-14-11-10-12-15-20)36-29(43)26-22-16-21(22)18-40(26)32(46)28(34(4,5)6)38-33(47)48-19(2)3/h7,9-10,14-15,22,24-27,29-31H,6,8,11-13,16-21H2,1-5H3,(H,38,47)(H,39,46)(H,40,44)(H,41,50);10-12,14-15,20,22-24,26-27,29H,9,13,16-19H2,1-8H3,(H,36,45)(H,37,44)(H,38,42)(H,39,48);10-12,14-15,19,21-23,25-26,28H,9,13,16-18H2,1-8H3,(H,35,44)(H,36,43)(H,37,41)(H,38,47)/t25-,26-,27-,29?,30-,31-;22-,23-,24-,26-,27-,29+;21-,22-,23-,25-,26-,28+/m000/s1. The van der Waals surface area contributed by atoms with Crippen molar-refractivity contribution in [2.24, 2.45) is 64.1 Å². The first-order valence-electron chi connectivity index (χ1n) is 51.5. The summed E-state index contributed by atoms with van der Waals surface area (Å²) in [6, 6.07) is 14.0. The first kappa shape index (κ1) is 120. The molecular formula is C106H156N18O24. The molecule has 18 atom stereocenters. The highest BCUT2D eigenvalue weighted by Crippen LogP contribution is 2.53. The molecular weight excluding hydrogens is 1910 g/mol. The molecule has 3 heterocycles. The van der Waals surface area contributed by atoms with Gasteiger partial charge >= 0.3 is 18.3 Å². The van der Waals surface area contributed by atoms with Crippen LogP contribution in [-0.2, 0) is 101 Å². The first-order chi connectivity index (χ1) is 69.7. The number of likely N-dealkylation sites (tertiary alicyclic amines) is 3. The average molecular weight is 2070 g/mol. The van der Waals surface area contributed by atoms with Gasteiger partial charge in [0.05, 0.1) is 57.1 Å². The molecule has 0 spiro atoms. The number of ketones is 3. The van der Waals surface area contributed by atoms with Gasteiger partial charge in [-0.3, -0.25) is 86.3 Å². The fourth-order valence-corrected chi connectivity index (χ4v) is 18.8. The van der Waals surface area contributed by atoms with Gasteiger partial charge in [-0.1, -0.05) is 220 Å². The Bertz CT molecular complexity index is 5200. The zero-order valence-corrected chi connectivity index (χ0v) is 89.4. The van der Waals surface area contributed by atoms with Gasteiger partial charge in [-0.15, -0.1) is 0 Å². The molecule has 3 aliphatic heterocycles. The van der Waals surface area contributed by atoms with Gasteiger partial charge in [-0.25, -0.2) is 14.4 Å². The summed E-state index contributed by atoms with van der Waals surface area (Å²) in [5.74, 6) is -11.7. The van der Waals surface area contributed by atoms with E-state index in [9.17, 15) is 101 Å². The number of nitrogens with one attached hydrogen (secondary N) is 12. The lowest BCUT2D eigenvalue weighted by molar-refractivity contribution is -0.145. The number of hydrogen-bond donors (Lipinski definition) is 12. The van der Waals surface area contributed by atoms with E-state index in [0.29, 0.717) is 55.6 Å². The van der Waals surface area contributed by atoms with Crippen molar-refractivity contribution in [1.82, 2.24) is 93.2 Å². The summed E-state index contributed by atoms with van der Waals surface area (Å²) < 4.78 is 15.8. The van der Waals surface area contributed by atoms with Crippen molar-refractivity contribution in [3.05, 3.63) is 108 Å². The number of rotatable bonds is 45. The van der Waals surface area contributed by atoms with Gasteiger partial charge in [0.2, 0.25) is 88.2 Å². The SMILES string of the molecule is CCC[C@H](NC(=O)[C@@H]1[C@H]2C[C@H]2CN1C(=O)[C@@H](NC(=O)OC(C)C)C(C)(C)C)C(=O)C(=O)NCC(=O)N[C@H](C(=O)N(C)C)c1ccccc1.CCC[C@H](NC(=O)[C@@H]1[C@H]2C[C@H]2CN1C(=O)[C@@H](NC(=O)OCC(C)C)C(C)(C)C)C(=O)C(=O)NCC(=O)N[C@H](C(=O)N(C)C)c1ccccc1.CCC[C@H](NC(=O)[C@@H]1[C@H]2C[C@H]2CN1C(=O)[C@@H](NC(=O)OCC(C)C)C1CCCCC1)C(=O)C(=O)NCC(=O)NC(C(=O)N(C)C)c1ccccc1. The number of alkyl carbamates (subject to hydrolysis) is 3. The van der Waals surface area contributed by atoms with E-state index in [1.165, 1.54) is 29.4 Å². The number of nitrogens with zero attached hydrogens (tertiary/aromatic N) is 6. The van der Waals surface area contributed by atoms with Crippen molar-refractivity contribution < 1.29 is 115 Å². The smallest absolute Gasteiger partial charge is 0.408 e. The van der Waals surface area contributed by atoms with Crippen LogP contribution in [0.4, 0.5) is 14.4 Å². The Morgan fingerprint density at radius 3 is 0.919 bits per heavy atom. The summed E-state index contributed by atoms with van der Waals surface area (Å²) in [6.07, 6.45) is 6.11. The number of likely N-dealkylation sites (N-methyl/N-ethyl adjacent to an activating group) is 3. The van der Waals surface area contributed by atoms with Gasteiger partial charge in [0, 0.05) is 61.9 Å². The summed E-state index contributed by atoms with van der Waals surface area (Å²) in [5, 5.41) is 31.0. The van der Waals surface area contributed by atoms with Crippen molar-refractivity contribution in [3.63, 3.8) is 0 Å². The summed E-state index contributed by atoms with van der Waals surface area (Å²) in [5.41, 5.74) is 0.258. The van der Waals surface area contributed by atoms with E-state index >= 15 is 0 Å². The van der Waals surface area contributed by atoms with E-state index in [2.05, 4.69) is 63.8 Å². The van der Waals surface area contributed by atoms with Crippen LogP contribution in [0.25, 0.3) is 0 Å². The molecule has 148 heavy (non-hydrogen) atoms. The van der Waals surface area contributed by atoms with E-state index in [4.69, 9.17) is 14.2 Å². The normalized spacial score (nSPS) is 20.4. The number of Topliss-reactive ketones (excluding diaryl/α,β-unsaturated/α-hetero) is 3. The molecule has 1 unspecified atom stereocenters. The van der Waals surface area contributed by atoms with Crippen molar-refractivity contribution in [2.75, 3.05) is 94.8 Å². The predicted octanol–water partition coefficient (Wildman–Crippen LogP) is 4.92. The van der Waals surface area contributed by atoms with E-state index < -0.39 is 210 Å². The minimum atomic E-state index is -1.19. The lowest BCUT2D eigenvalue weighted by Crippen LogP contribution is -2.60. The second-order valence-corrected chi connectivity index (χ2v) is 43.3. The Morgan fingerprint density at radius 2 is 0.649 bits per heavy atom. The Morgan fingerprint density at radius 1 is 0.365 bits per heavy atom. The van der Waals surface area contributed by atoms with Gasteiger partial charge in [0.15, 0.2) is 0 Å². The second kappa shape index (κ2) is 55.0.